The first-order valence-electron chi connectivity index (χ1n) is 5.59. The fourth-order valence-electron chi connectivity index (χ4n) is 1.70. The van der Waals surface area contributed by atoms with Crippen LogP contribution < -0.4 is 5.73 Å². The Balaban J connectivity index is 2.45. The molecule has 5 heteroatoms. The van der Waals surface area contributed by atoms with Gasteiger partial charge in [0.05, 0.1) is 5.69 Å². The lowest BCUT2D eigenvalue weighted by atomic mass is 10.0. The van der Waals surface area contributed by atoms with Gasteiger partial charge in [0.1, 0.15) is 4.88 Å². The summed E-state index contributed by atoms with van der Waals surface area (Å²) in [6.45, 7) is 4.22. The van der Waals surface area contributed by atoms with Gasteiger partial charge in [0.2, 0.25) is 0 Å². The van der Waals surface area contributed by atoms with Crippen LogP contribution in [0.1, 0.15) is 35.0 Å². The molecule has 0 spiro atoms. The van der Waals surface area contributed by atoms with Crippen molar-refractivity contribution in [2.24, 2.45) is 0 Å². The molecule has 3 N–H and O–H groups in total. The van der Waals surface area contributed by atoms with Gasteiger partial charge in [-0.05, 0) is 11.5 Å². The molecule has 4 nitrogen and oxygen atoms in total. The molecule has 0 radical (unpaired) electrons. The Bertz CT molecular complexity index is 573. The summed E-state index contributed by atoms with van der Waals surface area (Å²) in [5, 5.41) is 9.37. The third kappa shape index (κ3) is 2.36. The molecule has 2 aromatic rings. The van der Waals surface area contributed by atoms with Gasteiger partial charge in [0.25, 0.3) is 0 Å². The fraction of sp³-hybridized carbons (Fsp3) is 0.231. The van der Waals surface area contributed by atoms with Crippen molar-refractivity contribution < 1.29 is 9.90 Å². The SMILES string of the molecule is CC(C)c1ccc(-c2nc(N)sc2C(=O)O)cc1. The largest absolute Gasteiger partial charge is 0.477 e. The number of benzene rings is 1. The first kappa shape index (κ1) is 12.6. The normalized spacial score (nSPS) is 10.8. The smallest absolute Gasteiger partial charge is 0.348 e. The van der Waals surface area contributed by atoms with Gasteiger partial charge < -0.3 is 10.8 Å². The number of nitrogen functional groups attached to an aromatic ring is 1. The van der Waals surface area contributed by atoms with E-state index in [1.807, 2.05) is 24.3 Å². The van der Waals surface area contributed by atoms with Crippen LogP contribution in [0.4, 0.5) is 5.13 Å². The zero-order valence-electron chi connectivity index (χ0n) is 10.2. The van der Waals surface area contributed by atoms with Crippen LogP contribution in [-0.4, -0.2) is 16.1 Å². The van der Waals surface area contributed by atoms with Crippen molar-refractivity contribution in [2.75, 3.05) is 5.73 Å². The van der Waals surface area contributed by atoms with Gasteiger partial charge in [0, 0.05) is 5.56 Å². The highest BCUT2D eigenvalue weighted by atomic mass is 32.1. The van der Waals surface area contributed by atoms with Crippen LogP contribution in [0.15, 0.2) is 24.3 Å². The maximum Gasteiger partial charge on any atom is 0.348 e. The molecule has 0 unspecified atom stereocenters. The molecule has 0 aliphatic carbocycles. The zero-order valence-corrected chi connectivity index (χ0v) is 11.0. The van der Waals surface area contributed by atoms with E-state index in [1.54, 1.807) is 0 Å². The summed E-state index contributed by atoms with van der Waals surface area (Å²) in [4.78, 5) is 15.4. The van der Waals surface area contributed by atoms with Gasteiger partial charge in [-0.1, -0.05) is 49.4 Å². The van der Waals surface area contributed by atoms with Crippen LogP contribution in [-0.2, 0) is 0 Å². The predicted molar refractivity (Wildman–Crippen MR) is 73.0 cm³/mol. The van der Waals surface area contributed by atoms with Gasteiger partial charge in [-0.3, -0.25) is 0 Å². The van der Waals surface area contributed by atoms with Crippen LogP contribution >= 0.6 is 11.3 Å². The topological polar surface area (TPSA) is 76.2 Å². The van der Waals surface area contributed by atoms with Crippen molar-refractivity contribution in [1.29, 1.82) is 0 Å². The number of rotatable bonds is 3. The molecule has 18 heavy (non-hydrogen) atoms. The number of aromatic carboxylic acids is 1. The van der Waals surface area contributed by atoms with E-state index in [4.69, 9.17) is 10.8 Å². The minimum atomic E-state index is -0.993. The lowest BCUT2D eigenvalue weighted by Gasteiger charge is -2.06. The Morgan fingerprint density at radius 1 is 1.33 bits per heavy atom. The number of carbonyl (C=O) groups is 1. The summed E-state index contributed by atoms with van der Waals surface area (Å²) >= 11 is 0.995. The van der Waals surface area contributed by atoms with Gasteiger partial charge in [-0.25, -0.2) is 9.78 Å². The van der Waals surface area contributed by atoms with E-state index in [9.17, 15) is 4.79 Å². The van der Waals surface area contributed by atoms with Crippen LogP contribution in [0.3, 0.4) is 0 Å². The Hall–Kier alpha value is -1.88. The predicted octanol–water partition coefficient (Wildman–Crippen LogP) is 3.21. The number of carboxylic acids is 1. The van der Waals surface area contributed by atoms with Gasteiger partial charge >= 0.3 is 5.97 Å². The summed E-state index contributed by atoms with van der Waals surface area (Å²) < 4.78 is 0. The van der Waals surface area contributed by atoms with Crippen LogP contribution in [0, 0.1) is 0 Å². The number of hydrogen-bond acceptors (Lipinski definition) is 4. The number of nitrogens with zero attached hydrogens (tertiary/aromatic N) is 1. The molecule has 0 aliphatic rings. The fourth-order valence-corrected chi connectivity index (χ4v) is 2.40. The highest BCUT2D eigenvalue weighted by molar-refractivity contribution is 7.17. The number of aromatic nitrogens is 1. The van der Waals surface area contributed by atoms with E-state index in [2.05, 4.69) is 18.8 Å². The monoisotopic (exact) mass is 262 g/mol. The van der Waals surface area contributed by atoms with Gasteiger partial charge in [-0.15, -0.1) is 0 Å². The molecule has 1 aromatic heterocycles. The lowest BCUT2D eigenvalue weighted by molar-refractivity contribution is 0.0702. The van der Waals surface area contributed by atoms with E-state index in [-0.39, 0.29) is 10.0 Å². The van der Waals surface area contributed by atoms with E-state index >= 15 is 0 Å². The standard InChI is InChI=1S/C13H14N2O2S/c1-7(2)8-3-5-9(6-4-8)10-11(12(16)17)18-13(14)15-10/h3-7H,1-2H3,(H2,14,15)(H,16,17). The van der Waals surface area contributed by atoms with E-state index in [1.165, 1.54) is 5.56 Å². The third-order valence-corrected chi connectivity index (χ3v) is 3.56. The van der Waals surface area contributed by atoms with Crippen molar-refractivity contribution in [3.63, 3.8) is 0 Å². The lowest BCUT2D eigenvalue weighted by Crippen LogP contribution is -1.96. The average molecular weight is 262 g/mol. The highest BCUT2D eigenvalue weighted by Crippen LogP contribution is 2.30. The highest BCUT2D eigenvalue weighted by Gasteiger charge is 2.17. The molecule has 0 fully saturated rings. The van der Waals surface area contributed by atoms with Crippen molar-refractivity contribution >= 4 is 22.4 Å². The molecule has 94 valence electrons. The molecule has 1 heterocycles. The molecule has 0 saturated heterocycles. The quantitative estimate of drug-likeness (QED) is 0.890. The summed E-state index contributed by atoms with van der Waals surface area (Å²) in [6.07, 6.45) is 0. The van der Waals surface area contributed by atoms with E-state index in [0.717, 1.165) is 16.9 Å². The molecule has 0 bridgehead atoms. The maximum atomic E-state index is 11.1. The molecule has 0 saturated carbocycles. The molecular formula is C13H14N2O2S. The zero-order chi connectivity index (χ0) is 13.3. The second-order valence-electron chi connectivity index (χ2n) is 4.31. The third-order valence-electron chi connectivity index (χ3n) is 2.69. The summed E-state index contributed by atoms with van der Waals surface area (Å²) in [7, 11) is 0. The van der Waals surface area contributed by atoms with Crippen molar-refractivity contribution in [2.45, 2.75) is 19.8 Å². The molecule has 2 rings (SSSR count). The molecule has 0 atom stereocenters. The number of carboxylic acid groups (broad SMARTS) is 1. The van der Waals surface area contributed by atoms with Gasteiger partial charge in [-0.2, -0.15) is 0 Å². The van der Waals surface area contributed by atoms with E-state index < -0.39 is 5.97 Å². The van der Waals surface area contributed by atoms with Gasteiger partial charge in [0.15, 0.2) is 5.13 Å². The van der Waals surface area contributed by atoms with Crippen LogP contribution in [0.5, 0.6) is 0 Å². The van der Waals surface area contributed by atoms with E-state index in [0.29, 0.717) is 11.6 Å². The maximum absolute atomic E-state index is 11.1. The minimum absolute atomic E-state index is 0.185. The first-order chi connectivity index (χ1) is 8.49. The molecule has 0 amide bonds. The Kier molecular flexibility index (Phi) is 3.34. The Morgan fingerprint density at radius 2 is 1.94 bits per heavy atom. The van der Waals surface area contributed by atoms with Crippen LogP contribution in [0.2, 0.25) is 0 Å². The molecular weight excluding hydrogens is 248 g/mol. The minimum Gasteiger partial charge on any atom is -0.477 e. The second kappa shape index (κ2) is 4.78. The molecule has 1 aromatic carbocycles. The Morgan fingerprint density at radius 3 is 2.44 bits per heavy atom. The number of nitrogens with two attached hydrogens (primary N) is 1. The van der Waals surface area contributed by atoms with Crippen molar-refractivity contribution in [3.8, 4) is 11.3 Å². The summed E-state index contributed by atoms with van der Waals surface area (Å²) in [5.74, 6) is -0.550. The second-order valence-corrected chi connectivity index (χ2v) is 5.34. The summed E-state index contributed by atoms with van der Waals surface area (Å²) in [6, 6.07) is 7.74. The number of anilines is 1. The first-order valence-corrected chi connectivity index (χ1v) is 6.40. The van der Waals surface area contributed by atoms with Crippen LogP contribution in [0.25, 0.3) is 11.3 Å². The average Bonchev–Trinajstić information content (AvgIpc) is 2.71. The van der Waals surface area contributed by atoms with Crippen molar-refractivity contribution in [1.82, 2.24) is 4.98 Å². The number of thiazole rings is 1. The molecule has 0 aliphatic heterocycles. The Labute approximate surface area is 109 Å². The number of hydrogen-bond donors (Lipinski definition) is 2. The van der Waals surface area contributed by atoms with Crippen molar-refractivity contribution in [3.05, 3.63) is 34.7 Å². The summed E-state index contributed by atoms with van der Waals surface area (Å²) in [5.41, 5.74) is 8.01.